The van der Waals surface area contributed by atoms with E-state index in [0.717, 1.165) is 26.3 Å². The summed E-state index contributed by atoms with van der Waals surface area (Å²) >= 11 is 9.62. The van der Waals surface area contributed by atoms with Gasteiger partial charge in [0.25, 0.3) is 0 Å². The molecule has 21 heavy (non-hydrogen) atoms. The first-order valence-corrected chi connectivity index (χ1v) is 7.62. The molecule has 2 aromatic carbocycles. The number of nitrogens with one attached hydrogen (secondary N) is 1. The van der Waals surface area contributed by atoms with Crippen LogP contribution in [0.4, 0.5) is 5.69 Å². The Labute approximate surface area is 138 Å². The molecule has 0 aromatic heterocycles. The van der Waals surface area contributed by atoms with E-state index in [1.165, 1.54) is 0 Å². The number of rotatable bonds is 5. The molecule has 0 saturated heterocycles. The smallest absolute Gasteiger partial charge is 0.174 e. The number of ether oxygens (including phenoxy) is 2. The molecule has 0 aliphatic carbocycles. The monoisotopic (exact) mass is 369 g/mol. The minimum absolute atomic E-state index is 0.665. The number of benzene rings is 2. The van der Waals surface area contributed by atoms with Crippen LogP contribution in [0.2, 0.25) is 5.02 Å². The Bertz CT molecular complexity index is 646. The Morgan fingerprint density at radius 2 is 1.90 bits per heavy atom. The van der Waals surface area contributed by atoms with Gasteiger partial charge in [0.1, 0.15) is 0 Å². The number of methoxy groups -OCH3 is 2. The molecule has 0 aliphatic rings. The summed E-state index contributed by atoms with van der Waals surface area (Å²) in [5, 5.41) is 4.10. The van der Waals surface area contributed by atoms with Crippen molar-refractivity contribution in [2.75, 3.05) is 19.5 Å². The number of halogens is 2. The number of hydrogen-bond donors (Lipinski definition) is 1. The highest BCUT2D eigenvalue weighted by Crippen LogP contribution is 2.36. The van der Waals surface area contributed by atoms with Gasteiger partial charge in [-0.1, -0.05) is 17.7 Å². The van der Waals surface area contributed by atoms with E-state index >= 15 is 0 Å². The lowest BCUT2D eigenvalue weighted by atomic mass is 10.2. The highest BCUT2D eigenvalue weighted by atomic mass is 79.9. The van der Waals surface area contributed by atoms with Gasteiger partial charge in [-0.05, 0) is 58.2 Å². The quantitative estimate of drug-likeness (QED) is 0.800. The second-order valence-electron chi connectivity index (χ2n) is 4.63. The third-order valence-electron chi connectivity index (χ3n) is 3.16. The zero-order valence-corrected chi connectivity index (χ0v) is 14.5. The van der Waals surface area contributed by atoms with Crippen molar-refractivity contribution in [3.05, 3.63) is 51.0 Å². The zero-order chi connectivity index (χ0) is 15.4. The highest BCUT2D eigenvalue weighted by Gasteiger charge is 2.10. The molecule has 0 bridgehead atoms. The van der Waals surface area contributed by atoms with Gasteiger partial charge in [0.05, 0.1) is 18.7 Å². The predicted molar refractivity (Wildman–Crippen MR) is 90.8 cm³/mol. The van der Waals surface area contributed by atoms with Crippen LogP contribution in [-0.4, -0.2) is 14.2 Å². The van der Waals surface area contributed by atoms with E-state index in [9.17, 15) is 0 Å². The average molecular weight is 371 g/mol. The topological polar surface area (TPSA) is 30.5 Å². The van der Waals surface area contributed by atoms with Crippen molar-refractivity contribution in [1.29, 1.82) is 0 Å². The molecule has 5 heteroatoms. The normalized spacial score (nSPS) is 10.3. The molecule has 0 fully saturated rings. The van der Waals surface area contributed by atoms with Crippen molar-refractivity contribution in [3.63, 3.8) is 0 Å². The minimum atomic E-state index is 0.665. The molecule has 0 heterocycles. The van der Waals surface area contributed by atoms with Crippen LogP contribution in [0.3, 0.4) is 0 Å². The van der Waals surface area contributed by atoms with Gasteiger partial charge >= 0.3 is 0 Å². The average Bonchev–Trinajstić information content (AvgIpc) is 2.47. The van der Waals surface area contributed by atoms with Crippen LogP contribution in [0.1, 0.15) is 11.1 Å². The van der Waals surface area contributed by atoms with Gasteiger partial charge in [0, 0.05) is 17.3 Å². The summed E-state index contributed by atoms with van der Waals surface area (Å²) in [6, 6.07) is 9.88. The largest absolute Gasteiger partial charge is 0.493 e. The molecule has 1 N–H and O–H groups in total. The number of aryl methyl sites for hydroxylation is 1. The Balaban J connectivity index is 2.16. The van der Waals surface area contributed by atoms with E-state index in [-0.39, 0.29) is 0 Å². The second kappa shape index (κ2) is 7.05. The lowest BCUT2D eigenvalue weighted by Crippen LogP contribution is -2.01. The third-order valence-corrected chi connectivity index (χ3v) is 4.16. The fourth-order valence-corrected chi connectivity index (χ4v) is 2.81. The number of anilines is 1. The molecule has 0 aliphatic heterocycles. The van der Waals surface area contributed by atoms with E-state index in [1.54, 1.807) is 14.2 Å². The maximum atomic E-state index is 6.12. The predicted octanol–water partition coefficient (Wildman–Crippen LogP) is 5.04. The molecule has 0 amide bonds. The van der Waals surface area contributed by atoms with E-state index in [4.69, 9.17) is 21.1 Å². The molecule has 2 aromatic rings. The second-order valence-corrected chi connectivity index (χ2v) is 5.89. The Hall–Kier alpha value is -1.39. The maximum Gasteiger partial charge on any atom is 0.174 e. The summed E-state index contributed by atoms with van der Waals surface area (Å²) in [7, 11) is 3.25. The highest BCUT2D eigenvalue weighted by molar-refractivity contribution is 9.10. The van der Waals surface area contributed by atoms with Crippen LogP contribution in [0, 0.1) is 6.92 Å². The first kappa shape index (κ1) is 16.0. The summed E-state index contributed by atoms with van der Waals surface area (Å²) in [5.74, 6) is 1.39. The summed E-state index contributed by atoms with van der Waals surface area (Å²) in [4.78, 5) is 0. The Morgan fingerprint density at radius 3 is 2.52 bits per heavy atom. The molecule has 0 unspecified atom stereocenters. The fourth-order valence-electron chi connectivity index (χ4n) is 1.98. The van der Waals surface area contributed by atoms with Gasteiger partial charge < -0.3 is 14.8 Å². The molecule has 112 valence electrons. The van der Waals surface area contributed by atoms with Crippen molar-refractivity contribution < 1.29 is 9.47 Å². The molecule has 0 spiro atoms. The lowest BCUT2D eigenvalue weighted by Gasteiger charge is -2.13. The standard InChI is InChI=1S/C16H17BrClNO2/c1-10-4-5-12(8-14(10)18)19-9-11-6-13(17)16(21-3)15(7-11)20-2/h4-8,19H,9H2,1-3H3. The molecule has 0 saturated carbocycles. The van der Waals surface area contributed by atoms with Gasteiger partial charge in [-0.25, -0.2) is 0 Å². The Kier molecular flexibility index (Phi) is 5.37. The van der Waals surface area contributed by atoms with Crippen LogP contribution in [0.5, 0.6) is 11.5 Å². The van der Waals surface area contributed by atoms with Gasteiger partial charge in [0.15, 0.2) is 11.5 Å². The van der Waals surface area contributed by atoms with Crippen LogP contribution in [0.25, 0.3) is 0 Å². The van der Waals surface area contributed by atoms with Gasteiger partial charge in [0.2, 0.25) is 0 Å². The first-order chi connectivity index (χ1) is 10.0. The van der Waals surface area contributed by atoms with E-state index in [1.807, 2.05) is 37.3 Å². The van der Waals surface area contributed by atoms with Crippen LogP contribution < -0.4 is 14.8 Å². The van der Waals surface area contributed by atoms with Crippen molar-refractivity contribution >= 4 is 33.2 Å². The maximum absolute atomic E-state index is 6.12. The van der Waals surface area contributed by atoms with E-state index in [0.29, 0.717) is 18.0 Å². The van der Waals surface area contributed by atoms with Gasteiger partial charge in [-0.15, -0.1) is 0 Å². The third kappa shape index (κ3) is 3.83. The molecule has 3 nitrogen and oxygen atoms in total. The van der Waals surface area contributed by atoms with Crippen LogP contribution in [-0.2, 0) is 6.54 Å². The molecule has 0 atom stereocenters. The van der Waals surface area contributed by atoms with Crippen molar-refractivity contribution in [2.45, 2.75) is 13.5 Å². The molecular formula is C16H17BrClNO2. The fraction of sp³-hybridized carbons (Fsp3) is 0.250. The van der Waals surface area contributed by atoms with Crippen molar-refractivity contribution in [3.8, 4) is 11.5 Å². The Morgan fingerprint density at radius 1 is 1.14 bits per heavy atom. The van der Waals surface area contributed by atoms with E-state index < -0.39 is 0 Å². The first-order valence-electron chi connectivity index (χ1n) is 6.45. The summed E-state index contributed by atoms with van der Waals surface area (Å²) in [6.07, 6.45) is 0. The number of hydrogen-bond acceptors (Lipinski definition) is 3. The van der Waals surface area contributed by atoms with Crippen molar-refractivity contribution in [1.82, 2.24) is 0 Å². The summed E-state index contributed by atoms with van der Waals surface area (Å²) in [5.41, 5.74) is 3.13. The van der Waals surface area contributed by atoms with E-state index in [2.05, 4.69) is 21.2 Å². The van der Waals surface area contributed by atoms with Crippen LogP contribution >= 0.6 is 27.5 Å². The molecule has 0 radical (unpaired) electrons. The zero-order valence-electron chi connectivity index (χ0n) is 12.2. The molecule has 2 rings (SSSR count). The SMILES string of the molecule is COc1cc(CNc2ccc(C)c(Cl)c2)cc(Br)c1OC. The lowest BCUT2D eigenvalue weighted by molar-refractivity contribution is 0.352. The molecular weight excluding hydrogens is 354 g/mol. The minimum Gasteiger partial charge on any atom is -0.493 e. The summed E-state index contributed by atoms with van der Waals surface area (Å²) < 4.78 is 11.5. The summed E-state index contributed by atoms with van der Waals surface area (Å²) in [6.45, 7) is 2.65. The van der Waals surface area contributed by atoms with Gasteiger partial charge in [-0.3, -0.25) is 0 Å². The van der Waals surface area contributed by atoms with Gasteiger partial charge in [-0.2, -0.15) is 0 Å². The van der Waals surface area contributed by atoms with Crippen LogP contribution in [0.15, 0.2) is 34.8 Å². The van der Waals surface area contributed by atoms with Crippen molar-refractivity contribution in [2.24, 2.45) is 0 Å².